The predicted molar refractivity (Wildman–Crippen MR) is 82.6 cm³/mol. The van der Waals surface area contributed by atoms with E-state index in [9.17, 15) is 5.21 Å². The minimum Gasteiger partial charge on any atom is -0.497 e. The standard InChI is InChI=1S/C16H26N2O2/c1-15(2,3)16(4,5)18(19)14(17-6)12-8-10-13(20-7)11-9-12/h8-11,19H,1-7H3. The molecule has 20 heavy (non-hydrogen) atoms. The molecule has 0 fully saturated rings. The van der Waals surface area contributed by atoms with Crippen molar-refractivity contribution >= 4 is 5.84 Å². The molecule has 0 heterocycles. The van der Waals surface area contributed by atoms with Crippen LogP contribution in [0.15, 0.2) is 29.3 Å². The first-order chi connectivity index (χ1) is 9.15. The summed E-state index contributed by atoms with van der Waals surface area (Å²) >= 11 is 0. The number of rotatable bonds is 3. The maximum atomic E-state index is 10.6. The fourth-order valence-electron chi connectivity index (χ4n) is 1.67. The summed E-state index contributed by atoms with van der Waals surface area (Å²) in [5, 5.41) is 11.9. The lowest BCUT2D eigenvalue weighted by Crippen LogP contribution is -2.54. The van der Waals surface area contributed by atoms with Crippen molar-refractivity contribution < 1.29 is 9.94 Å². The SMILES string of the molecule is CN=C(c1ccc(OC)cc1)N(O)C(C)(C)C(C)(C)C. The molecule has 1 aromatic carbocycles. The first-order valence-corrected chi connectivity index (χ1v) is 6.75. The highest BCUT2D eigenvalue weighted by atomic mass is 16.5. The Labute approximate surface area is 122 Å². The Balaban J connectivity index is 3.13. The zero-order valence-electron chi connectivity index (χ0n) is 13.6. The van der Waals surface area contributed by atoms with Gasteiger partial charge in [0.05, 0.1) is 12.6 Å². The molecule has 0 unspecified atom stereocenters. The molecule has 4 nitrogen and oxygen atoms in total. The molecule has 4 heteroatoms. The first-order valence-electron chi connectivity index (χ1n) is 6.75. The Morgan fingerprint density at radius 3 is 1.95 bits per heavy atom. The van der Waals surface area contributed by atoms with Crippen LogP contribution in [0.4, 0.5) is 0 Å². The van der Waals surface area contributed by atoms with Gasteiger partial charge in [0, 0.05) is 12.6 Å². The molecule has 0 saturated carbocycles. The maximum Gasteiger partial charge on any atom is 0.155 e. The fraction of sp³-hybridized carbons (Fsp3) is 0.562. The summed E-state index contributed by atoms with van der Waals surface area (Å²) < 4.78 is 5.15. The molecule has 0 aliphatic heterocycles. The van der Waals surface area contributed by atoms with E-state index >= 15 is 0 Å². The smallest absolute Gasteiger partial charge is 0.155 e. The molecular weight excluding hydrogens is 252 g/mol. The average Bonchev–Trinajstić information content (AvgIpc) is 2.39. The highest BCUT2D eigenvalue weighted by molar-refractivity contribution is 5.98. The number of methoxy groups -OCH3 is 1. The van der Waals surface area contributed by atoms with Crippen molar-refractivity contribution in [2.24, 2.45) is 10.4 Å². The van der Waals surface area contributed by atoms with Crippen LogP contribution in [0, 0.1) is 5.41 Å². The number of amidine groups is 1. The van der Waals surface area contributed by atoms with E-state index in [0.717, 1.165) is 11.3 Å². The topological polar surface area (TPSA) is 45.1 Å². The molecule has 112 valence electrons. The molecule has 0 aliphatic carbocycles. The Kier molecular flexibility index (Phi) is 4.81. The summed E-state index contributed by atoms with van der Waals surface area (Å²) in [5.41, 5.74) is 0.291. The van der Waals surface area contributed by atoms with Gasteiger partial charge in [0.1, 0.15) is 5.75 Å². The molecule has 0 spiro atoms. The van der Waals surface area contributed by atoms with Crippen molar-refractivity contribution in [3.63, 3.8) is 0 Å². The third-order valence-corrected chi connectivity index (χ3v) is 4.13. The number of hydrogen-bond donors (Lipinski definition) is 1. The first kappa shape index (κ1) is 16.5. The van der Waals surface area contributed by atoms with Crippen molar-refractivity contribution in [1.82, 2.24) is 5.06 Å². The Hall–Kier alpha value is -1.55. The molecule has 0 aliphatic rings. The monoisotopic (exact) mass is 278 g/mol. The molecule has 0 saturated heterocycles. The van der Waals surface area contributed by atoms with E-state index < -0.39 is 5.54 Å². The minimum atomic E-state index is -0.457. The van der Waals surface area contributed by atoms with Crippen molar-refractivity contribution in [3.05, 3.63) is 29.8 Å². The highest BCUT2D eigenvalue weighted by Crippen LogP contribution is 2.35. The number of ether oxygens (including phenoxy) is 1. The summed E-state index contributed by atoms with van der Waals surface area (Å²) in [6, 6.07) is 7.50. The molecule has 1 rings (SSSR count). The van der Waals surface area contributed by atoms with Crippen molar-refractivity contribution in [2.45, 2.75) is 40.2 Å². The number of hydroxylamine groups is 2. The van der Waals surface area contributed by atoms with Gasteiger partial charge < -0.3 is 4.74 Å². The van der Waals surface area contributed by atoms with Gasteiger partial charge in [-0.25, -0.2) is 5.06 Å². The molecule has 1 aromatic rings. The summed E-state index contributed by atoms with van der Waals surface area (Å²) in [6.45, 7) is 10.3. The summed E-state index contributed by atoms with van der Waals surface area (Å²) in [4.78, 5) is 4.25. The van der Waals surface area contributed by atoms with Crippen LogP contribution in [0.1, 0.15) is 40.2 Å². The highest BCUT2D eigenvalue weighted by Gasteiger charge is 2.40. The second kappa shape index (κ2) is 5.83. The second-order valence-corrected chi connectivity index (χ2v) is 6.40. The van der Waals surface area contributed by atoms with E-state index in [1.807, 2.05) is 38.1 Å². The second-order valence-electron chi connectivity index (χ2n) is 6.40. The van der Waals surface area contributed by atoms with Crippen molar-refractivity contribution in [2.75, 3.05) is 14.2 Å². The largest absolute Gasteiger partial charge is 0.497 e. The lowest BCUT2D eigenvalue weighted by atomic mass is 9.76. The van der Waals surface area contributed by atoms with Crippen LogP contribution in [0.5, 0.6) is 5.75 Å². The van der Waals surface area contributed by atoms with E-state index in [-0.39, 0.29) is 5.41 Å². The molecule has 0 radical (unpaired) electrons. The average molecular weight is 278 g/mol. The number of hydrogen-bond acceptors (Lipinski definition) is 3. The van der Waals surface area contributed by atoms with Gasteiger partial charge in [-0.1, -0.05) is 20.8 Å². The summed E-state index contributed by atoms with van der Waals surface area (Å²) in [6.07, 6.45) is 0. The molecule has 1 N–H and O–H groups in total. The fourth-order valence-corrected chi connectivity index (χ4v) is 1.67. The molecule has 0 bridgehead atoms. The summed E-state index contributed by atoms with van der Waals surface area (Å²) in [7, 11) is 3.31. The maximum absolute atomic E-state index is 10.6. The van der Waals surface area contributed by atoms with E-state index in [2.05, 4.69) is 25.8 Å². The number of aliphatic imine (C=N–C) groups is 1. The van der Waals surface area contributed by atoms with E-state index in [1.165, 1.54) is 5.06 Å². The number of benzene rings is 1. The van der Waals surface area contributed by atoms with Gasteiger partial charge in [-0.15, -0.1) is 0 Å². The van der Waals surface area contributed by atoms with Gasteiger partial charge in [0.15, 0.2) is 5.84 Å². The van der Waals surface area contributed by atoms with Crippen LogP contribution in [0.3, 0.4) is 0 Å². The van der Waals surface area contributed by atoms with E-state index in [4.69, 9.17) is 4.74 Å². The Bertz CT molecular complexity index is 470. The predicted octanol–water partition coefficient (Wildman–Crippen LogP) is 3.59. The van der Waals surface area contributed by atoms with Gasteiger partial charge in [-0.2, -0.15) is 0 Å². The van der Waals surface area contributed by atoms with Crippen LogP contribution in [-0.4, -0.2) is 35.8 Å². The molecule has 0 amide bonds. The van der Waals surface area contributed by atoms with Crippen molar-refractivity contribution in [3.8, 4) is 5.75 Å². The third-order valence-electron chi connectivity index (χ3n) is 4.13. The van der Waals surface area contributed by atoms with Crippen LogP contribution < -0.4 is 4.74 Å². The molecule has 0 aromatic heterocycles. The van der Waals surface area contributed by atoms with Gasteiger partial charge in [0.2, 0.25) is 0 Å². The Morgan fingerprint density at radius 1 is 1.10 bits per heavy atom. The summed E-state index contributed by atoms with van der Waals surface area (Å²) in [5.74, 6) is 1.33. The Morgan fingerprint density at radius 2 is 1.60 bits per heavy atom. The van der Waals surface area contributed by atoms with Crippen LogP contribution in [-0.2, 0) is 0 Å². The normalized spacial score (nSPS) is 13.3. The lowest BCUT2D eigenvalue weighted by Gasteiger charge is -2.45. The van der Waals surface area contributed by atoms with E-state index in [1.54, 1.807) is 14.2 Å². The van der Waals surface area contributed by atoms with Crippen molar-refractivity contribution in [1.29, 1.82) is 0 Å². The van der Waals surface area contributed by atoms with Crippen LogP contribution >= 0.6 is 0 Å². The van der Waals surface area contributed by atoms with Gasteiger partial charge >= 0.3 is 0 Å². The van der Waals surface area contributed by atoms with Gasteiger partial charge in [-0.3, -0.25) is 10.2 Å². The lowest BCUT2D eigenvalue weighted by molar-refractivity contribution is -0.133. The number of nitrogens with zero attached hydrogens (tertiary/aromatic N) is 2. The third kappa shape index (κ3) is 3.12. The minimum absolute atomic E-state index is 0.107. The zero-order valence-corrected chi connectivity index (χ0v) is 13.6. The van der Waals surface area contributed by atoms with E-state index in [0.29, 0.717) is 5.84 Å². The quantitative estimate of drug-likeness (QED) is 0.522. The zero-order chi connectivity index (χ0) is 15.6. The molecular formula is C16H26N2O2. The molecule has 0 atom stereocenters. The van der Waals surface area contributed by atoms with Crippen LogP contribution in [0.25, 0.3) is 0 Å². The van der Waals surface area contributed by atoms with Gasteiger partial charge in [-0.05, 0) is 43.5 Å². The van der Waals surface area contributed by atoms with Crippen LogP contribution in [0.2, 0.25) is 0 Å². The van der Waals surface area contributed by atoms with Gasteiger partial charge in [0.25, 0.3) is 0 Å².